The van der Waals surface area contributed by atoms with E-state index in [4.69, 9.17) is 5.73 Å². The molecule has 98 valence electrons. The Morgan fingerprint density at radius 3 is 2.50 bits per heavy atom. The van der Waals surface area contributed by atoms with Gasteiger partial charge in [-0.2, -0.15) is 0 Å². The molecule has 0 atom stereocenters. The maximum absolute atomic E-state index is 11.5. The molecule has 1 aromatic rings. The molecule has 0 saturated carbocycles. The first-order chi connectivity index (χ1) is 8.58. The van der Waals surface area contributed by atoms with E-state index < -0.39 is 5.91 Å². The molecule has 7 nitrogen and oxygen atoms in total. The fraction of sp³-hybridized carbons (Fsp3) is 0.455. The molecule has 0 aliphatic carbocycles. The van der Waals surface area contributed by atoms with Crippen LogP contribution in [0, 0.1) is 0 Å². The number of hydrogen-bond donors (Lipinski definition) is 2. The average molecular weight is 251 g/mol. The molecule has 0 saturated heterocycles. The Balaban J connectivity index is 2.76. The molecule has 1 rings (SSSR count). The third-order valence-electron chi connectivity index (χ3n) is 2.32. The third-order valence-corrected chi connectivity index (χ3v) is 2.32. The minimum absolute atomic E-state index is 0.0832. The summed E-state index contributed by atoms with van der Waals surface area (Å²) in [6.07, 6.45) is 0. The van der Waals surface area contributed by atoms with Gasteiger partial charge in [0.15, 0.2) is 11.5 Å². The molecule has 2 amide bonds. The molecule has 3 N–H and O–H groups in total. The predicted molar refractivity (Wildman–Crippen MR) is 67.1 cm³/mol. The summed E-state index contributed by atoms with van der Waals surface area (Å²) in [6, 6.07) is 3.11. The Labute approximate surface area is 105 Å². The van der Waals surface area contributed by atoms with Crippen LogP contribution in [0.25, 0.3) is 0 Å². The Kier molecular flexibility index (Phi) is 5.04. The largest absolute Gasteiger partial charge is 0.364 e. The van der Waals surface area contributed by atoms with Crippen LogP contribution in [0.2, 0.25) is 0 Å². The Morgan fingerprint density at radius 2 is 2.06 bits per heavy atom. The summed E-state index contributed by atoms with van der Waals surface area (Å²) in [4.78, 5) is 24.1. The minimum atomic E-state index is -0.624. The van der Waals surface area contributed by atoms with Crippen molar-refractivity contribution in [2.45, 2.75) is 13.8 Å². The van der Waals surface area contributed by atoms with Gasteiger partial charge in [0.25, 0.3) is 5.91 Å². The van der Waals surface area contributed by atoms with Gasteiger partial charge in [0.1, 0.15) is 0 Å². The number of rotatable bonds is 6. The molecule has 18 heavy (non-hydrogen) atoms. The number of carbonyl (C=O) groups is 2. The van der Waals surface area contributed by atoms with Gasteiger partial charge < -0.3 is 16.0 Å². The molecule has 0 fully saturated rings. The van der Waals surface area contributed by atoms with Gasteiger partial charge in [-0.05, 0) is 26.0 Å². The normalized spacial score (nSPS) is 9.89. The van der Waals surface area contributed by atoms with Crippen molar-refractivity contribution >= 4 is 17.6 Å². The highest BCUT2D eigenvalue weighted by molar-refractivity contribution is 5.90. The molecule has 0 radical (unpaired) electrons. The maximum atomic E-state index is 11.5. The molecular weight excluding hydrogens is 234 g/mol. The molecule has 0 spiro atoms. The fourth-order valence-electron chi connectivity index (χ4n) is 1.41. The Hall–Kier alpha value is -2.18. The second kappa shape index (κ2) is 6.53. The molecule has 7 heteroatoms. The van der Waals surface area contributed by atoms with Crippen molar-refractivity contribution in [1.82, 2.24) is 15.5 Å². The number of nitrogens with two attached hydrogens (primary N) is 1. The maximum Gasteiger partial charge on any atom is 0.269 e. The summed E-state index contributed by atoms with van der Waals surface area (Å²) >= 11 is 0. The van der Waals surface area contributed by atoms with Crippen LogP contribution in [0.4, 0.5) is 5.82 Å². The molecule has 0 aliphatic heterocycles. The van der Waals surface area contributed by atoms with E-state index >= 15 is 0 Å². The monoisotopic (exact) mass is 251 g/mol. The van der Waals surface area contributed by atoms with Crippen molar-refractivity contribution in [3.63, 3.8) is 0 Å². The van der Waals surface area contributed by atoms with Gasteiger partial charge in [-0.1, -0.05) is 0 Å². The first-order valence-electron chi connectivity index (χ1n) is 5.73. The summed E-state index contributed by atoms with van der Waals surface area (Å²) in [5.74, 6) is -0.172. The summed E-state index contributed by atoms with van der Waals surface area (Å²) in [6.45, 7) is 5.16. The summed E-state index contributed by atoms with van der Waals surface area (Å²) in [7, 11) is 0. The van der Waals surface area contributed by atoms with E-state index in [1.165, 1.54) is 6.07 Å². The van der Waals surface area contributed by atoms with E-state index in [1.807, 2.05) is 13.8 Å². The molecule has 1 heterocycles. The molecular formula is C11H17N5O2. The van der Waals surface area contributed by atoms with Crippen LogP contribution in [0.15, 0.2) is 12.1 Å². The number of aromatic nitrogens is 2. The van der Waals surface area contributed by atoms with E-state index in [0.29, 0.717) is 18.9 Å². The van der Waals surface area contributed by atoms with E-state index in [-0.39, 0.29) is 18.1 Å². The topological polar surface area (TPSA) is 101 Å². The lowest BCUT2D eigenvalue weighted by Gasteiger charge is -2.20. The van der Waals surface area contributed by atoms with Crippen LogP contribution in [-0.4, -0.2) is 41.6 Å². The van der Waals surface area contributed by atoms with E-state index in [1.54, 1.807) is 11.0 Å². The highest BCUT2D eigenvalue weighted by Gasteiger charge is 2.12. The zero-order valence-electron chi connectivity index (χ0n) is 10.5. The number of amides is 2. The van der Waals surface area contributed by atoms with Crippen LogP contribution in [0.3, 0.4) is 0 Å². The van der Waals surface area contributed by atoms with Crippen molar-refractivity contribution in [2.24, 2.45) is 5.73 Å². The second-order valence-corrected chi connectivity index (χ2v) is 3.61. The lowest BCUT2D eigenvalue weighted by atomic mass is 10.3. The number of hydrogen-bond acceptors (Lipinski definition) is 5. The van der Waals surface area contributed by atoms with E-state index in [0.717, 1.165) is 0 Å². The molecule has 0 aliphatic rings. The van der Waals surface area contributed by atoms with E-state index in [9.17, 15) is 9.59 Å². The molecule has 0 unspecified atom stereocenters. The smallest absolute Gasteiger partial charge is 0.269 e. The van der Waals surface area contributed by atoms with Crippen molar-refractivity contribution in [1.29, 1.82) is 0 Å². The van der Waals surface area contributed by atoms with Gasteiger partial charge in [-0.15, -0.1) is 10.2 Å². The van der Waals surface area contributed by atoms with Crippen LogP contribution in [0.1, 0.15) is 24.3 Å². The van der Waals surface area contributed by atoms with Gasteiger partial charge in [0.05, 0.1) is 6.54 Å². The zero-order valence-corrected chi connectivity index (χ0v) is 10.5. The van der Waals surface area contributed by atoms with Crippen LogP contribution in [0.5, 0.6) is 0 Å². The SMILES string of the molecule is CCNC(=O)CN(CC)c1ccc(C(N)=O)nn1. The Bertz CT molecular complexity index is 418. The first kappa shape index (κ1) is 13.9. The molecule has 1 aromatic heterocycles. The van der Waals surface area contributed by atoms with Crippen LogP contribution < -0.4 is 16.0 Å². The number of carbonyl (C=O) groups excluding carboxylic acids is 2. The minimum Gasteiger partial charge on any atom is -0.364 e. The average Bonchev–Trinajstić information content (AvgIpc) is 2.36. The van der Waals surface area contributed by atoms with Gasteiger partial charge >= 0.3 is 0 Å². The third kappa shape index (κ3) is 3.69. The van der Waals surface area contributed by atoms with Crippen LogP contribution in [-0.2, 0) is 4.79 Å². The summed E-state index contributed by atoms with van der Waals surface area (Å²) in [5.41, 5.74) is 5.18. The van der Waals surface area contributed by atoms with Crippen molar-refractivity contribution < 1.29 is 9.59 Å². The quantitative estimate of drug-likeness (QED) is 0.712. The summed E-state index contributed by atoms with van der Waals surface area (Å²) in [5, 5.41) is 10.3. The van der Waals surface area contributed by atoms with Gasteiger partial charge in [0.2, 0.25) is 5.91 Å². The second-order valence-electron chi connectivity index (χ2n) is 3.61. The Morgan fingerprint density at radius 1 is 1.33 bits per heavy atom. The van der Waals surface area contributed by atoms with Crippen molar-refractivity contribution in [2.75, 3.05) is 24.5 Å². The predicted octanol–water partition coefficient (Wildman–Crippen LogP) is -0.462. The van der Waals surface area contributed by atoms with Crippen LogP contribution >= 0.6 is 0 Å². The summed E-state index contributed by atoms with van der Waals surface area (Å²) < 4.78 is 0. The highest BCUT2D eigenvalue weighted by atomic mass is 16.2. The van der Waals surface area contributed by atoms with Crippen molar-refractivity contribution in [3.8, 4) is 0 Å². The highest BCUT2D eigenvalue weighted by Crippen LogP contribution is 2.08. The number of nitrogens with one attached hydrogen (secondary N) is 1. The van der Waals surface area contributed by atoms with Gasteiger partial charge in [-0.3, -0.25) is 9.59 Å². The molecule has 0 bridgehead atoms. The molecule has 0 aromatic carbocycles. The lowest BCUT2D eigenvalue weighted by molar-refractivity contribution is -0.119. The number of primary amides is 1. The van der Waals surface area contributed by atoms with Crippen molar-refractivity contribution in [3.05, 3.63) is 17.8 Å². The number of anilines is 1. The van der Waals surface area contributed by atoms with Gasteiger partial charge in [-0.25, -0.2) is 0 Å². The fourth-order valence-corrected chi connectivity index (χ4v) is 1.41. The number of nitrogens with zero attached hydrogens (tertiary/aromatic N) is 3. The standard InChI is InChI=1S/C11H17N5O2/c1-3-13-10(17)7-16(4-2)9-6-5-8(11(12)18)14-15-9/h5-6H,3-4,7H2,1-2H3,(H2,12,18)(H,13,17). The number of likely N-dealkylation sites (N-methyl/N-ethyl adjacent to an activating group) is 2. The lowest BCUT2D eigenvalue weighted by Crippen LogP contribution is -2.37. The van der Waals surface area contributed by atoms with Gasteiger partial charge in [0, 0.05) is 13.1 Å². The van der Waals surface area contributed by atoms with E-state index in [2.05, 4.69) is 15.5 Å². The first-order valence-corrected chi connectivity index (χ1v) is 5.73. The zero-order chi connectivity index (χ0) is 13.5.